The molecule has 0 unspecified atom stereocenters. The standard InChI is InChI=1S/C70H69BN2SSi/c1-67(2,3)46-32-38-59-54(40-46)55-41-47(68(4,5)6)33-39-60(55)72(59)49-34-36-58-64(44-49)74-65-43-48(69(7,8)9)42-63-66(65)71(58)57-37-35-53(45-62(57)73(63)61-31-23-22-30-56(61)70(10,11)12)75(50-24-16-13-17-25-50,51-26-18-14-19-27-51)52-28-20-15-21-29-52/h13-45H,1-12H3. The first-order chi connectivity index (χ1) is 35.7. The minimum absolute atomic E-state index is 0.0134. The molecule has 2 nitrogen and oxygen atoms in total. The van der Waals surface area contributed by atoms with Gasteiger partial charge in [0, 0.05) is 43.3 Å². The van der Waals surface area contributed by atoms with E-state index in [-0.39, 0.29) is 28.4 Å². The summed E-state index contributed by atoms with van der Waals surface area (Å²) in [5.74, 6) is 0. The molecule has 0 spiro atoms. The summed E-state index contributed by atoms with van der Waals surface area (Å²) in [6.45, 7) is 28.2. The average Bonchev–Trinajstić information content (AvgIpc) is 3.78. The number of hydrogen-bond acceptors (Lipinski definition) is 2. The van der Waals surface area contributed by atoms with Crippen molar-refractivity contribution in [2.45, 2.75) is 115 Å². The molecule has 0 fully saturated rings. The van der Waals surface area contributed by atoms with Gasteiger partial charge in [-0.05, 0) is 136 Å². The van der Waals surface area contributed by atoms with Gasteiger partial charge in [0.05, 0.1) is 11.0 Å². The van der Waals surface area contributed by atoms with E-state index in [9.17, 15) is 0 Å². The van der Waals surface area contributed by atoms with Gasteiger partial charge in [0.1, 0.15) is 0 Å². The molecule has 1 aromatic heterocycles. The molecule has 12 rings (SSSR count). The lowest BCUT2D eigenvalue weighted by atomic mass is 9.34. The highest BCUT2D eigenvalue weighted by Crippen LogP contribution is 2.47. The molecule has 0 amide bonds. The van der Waals surface area contributed by atoms with Gasteiger partial charge >= 0.3 is 0 Å². The maximum atomic E-state index is 2.68. The summed E-state index contributed by atoms with van der Waals surface area (Å²) in [6.07, 6.45) is 0. The van der Waals surface area contributed by atoms with Gasteiger partial charge in [0.2, 0.25) is 6.71 Å². The van der Waals surface area contributed by atoms with Crippen LogP contribution in [0.15, 0.2) is 210 Å². The van der Waals surface area contributed by atoms with Gasteiger partial charge in [-0.3, -0.25) is 0 Å². The minimum Gasteiger partial charge on any atom is -0.311 e. The number of benzene rings is 9. The van der Waals surface area contributed by atoms with E-state index in [0.717, 1.165) is 0 Å². The van der Waals surface area contributed by atoms with E-state index in [4.69, 9.17) is 0 Å². The van der Waals surface area contributed by atoms with Crippen molar-refractivity contribution in [3.05, 3.63) is 222 Å². The van der Waals surface area contributed by atoms with Gasteiger partial charge in [-0.15, -0.1) is 0 Å². The van der Waals surface area contributed by atoms with Gasteiger partial charge in [0.25, 0.3) is 0 Å². The van der Waals surface area contributed by atoms with Crippen LogP contribution in [-0.2, 0) is 21.7 Å². The number of aromatic nitrogens is 1. The van der Waals surface area contributed by atoms with Gasteiger partial charge in [0.15, 0.2) is 8.07 Å². The summed E-state index contributed by atoms with van der Waals surface area (Å²) in [5.41, 5.74) is 16.8. The van der Waals surface area contributed by atoms with Crippen LogP contribution in [0.1, 0.15) is 105 Å². The second-order valence-corrected chi connectivity index (χ2v) is 30.3. The van der Waals surface area contributed by atoms with Crippen molar-refractivity contribution in [2.75, 3.05) is 4.90 Å². The quantitative estimate of drug-likeness (QED) is 0.121. The molecule has 3 heterocycles. The van der Waals surface area contributed by atoms with Crippen LogP contribution in [0, 0.1) is 0 Å². The molecule has 0 aliphatic carbocycles. The summed E-state index contributed by atoms with van der Waals surface area (Å²) in [7, 11) is -2.92. The Labute approximate surface area is 452 Å². The molecule has 5 heteroatoms. The fourth-order valence-electron chi connectivity index (χ4n) is 12.4. The zero-order valence-electron chi connectivity index (χ0n) is 45.9. The highest BCUT2D eigenvalue weighted by atomic mass is 32.2. The monoisotopic (exact) mass is 1010 g/mol. The van der Waals surface area contributed by atoms with Gasteiger partial charge in [-0.1, -0.05) is 240 Å². The number of hydrogen-bond donors (Lipinski definition) is 0. The van der Waals surface area contributed by atoms with Crippen molar-refractivity contribution in [2.24, 2.45) is 0 Å². The number of para-hydroxylation sites is 1. The van der Waals surface area contributed by atoms with Crippen LogP contribution in [0.4, 0.5) is 17.1 Å². The van der Waals surface area contributed by atoms with Crippen LogP contribution < -0.4 is 42.0 Å². The number of rotatable bonds is 6. The van der Waals surface area contributed by atoms with Crippen LogP contribution in [0.3, 0.4) is 0 Å². The van der Waals surface area contributed by atoms with E-state index >= 15 is 0 Å². The predicted octanol–water partition coefficient (Wildman–Crippen LogP) is 14.1. The fraction of sp³-hybridized carbons (Fsp3) is 0.229. The summed E-state index contributed by atoms with van der Waals surface area (Å²) in [5, 5.41) is 8.12. The van der Waals surface area contributed by atoms with Crippen molar-refractivity contribution < 1.29 is 0 Å². The lowest BCUT2D eigenvalue weighted by Gasteiger charge is -2.44. The summed E-state index contributed by atoms with van der Waals surface area (Å²) in [6, 6.07) is 77.9. The Hall–Kier alpha value is -6.79. The molecule has 2 aliphatic heterocycles. The van der Waals surface area contributed by atoms with Crippen LogP contribution in [0.2, 0.25) is 0 Å². The molecule has 0 bridgehead atoms. The molecule has 0 N–H and O–H groups in total. The normalized spacial score (nSPS) is 13.8. The lowest BCUT2D eigenvalue weighted by molar-refractivity contribution is 0.588. The largest absolute Gasteiger partial charge is 0.311 e. The molecule has 2 aliphatic rings. The summed E-state index contributed by atoms with van der Waals surface area (Å²) < 4.78 is 2.53. The van der Waals surface area contributed by atoms with E-state index in [1.807, 2.05) is 11.8 Å². The van der Waals surface area contributed by atoms with Crippen molar-refractivity contribution in [1.82, 2.24) is 4.57 Å². The van der Waals surface area contributed by atoms with Gasteiger partial charge < -0.3 is 9.47 Å². The fourth-order valence-corrected chi connectivity index (χ4v) is 18.4. The molecule has 0 saturated heterocycles. The van der Waals surface area contributed by atoms with Crippen LogP contribution >= 0.6 is 11.8 Å². The van der Waals surface area contributed by atoms with Crippen molar-refractivity contribution in [3.63, 3.8) is 0 Å². The third kappa shape index (κ3) is 8.07. The number of anilines is 3. The molecule has 0 saturated carbocycles. The Morgan fingerprint density at radius 1 is 0.373 bits per heavy atom. The van der Waals surface area contributed by atoms with E-state index in [1.54, 1.807) is 0 Å². The summed E-state index contributed by atoms with van der Waals surface area (Å²) >= 11 is 1.96. The van der Waals surface area contributed by atoms with Gasteiger partial charge in [-0.25, -0.2) is 0 Å². The lowest BCUT2D eigenvalue weighted by Crippen LogP contribution is -2.75. The Bertz CT molecular complexity index is 3680. The van der Waals surface area contributed by atoms with Crippen LogP contribution in [0.25, 0.3) is 27.5 Å². The van der Waals surface area contributed by atoms with E-state index in [0.29, 0.717) is 0 Å². The van der Waals surface area contributed by atoms with Crippen LogP contribution in [0.5, 0.6) is 0 Å². The second kappa shape index (κ2) is 17.6. The average molecular weight is 1010 g/mol. The highest BCUT2D eigenvalue weighted by Gasteiger charge is 2.46. The maximum Gasteiger partial charge on any atom is 0.249 e. The maximum absolute atomic E-state index is 2.92. The van der Waals surface area contributed by atoms with Gasteiger partial charge in [-0.2, -0.15) is 0 Å². The Morgan fingerprint density at radius 2 is 0.880 bits per heavy atom. The molecule has 10 aromatic rings. The smallest absolute Gasteiger partial charge is 0.249 e. The SMILES string of the molecule is CC(C)(C)c1cc2c3c(c1)N(c1ccccc1C(C)(C)C)c1cc([Si](c4ccccc4)(c4ccccc4)c4ccccc4)ccc1B3c1ccc(-n3c4ccc(C(C)(C)C)cc4c4cc(C(C)(C)C)ccc43)cc1S2. The van der Waals surface area contributed by atoms with E-state index in [1.165, 1.54) is 114 Å². The Morgan fingerprint density at radius 3 is 1.40 bits per heavy atom. The summed E-state index contributed by atoms with van der Waals surface area (Å²) in [4.78, 5) is 5.34. The molecule has 9 aromatic carbocycles. The van der Waals surface area contributed by atoms with E-state index < -0.39 is 8.07 Å². The zero-order valence-corrected chi connectivity index (χ0v) is 47.7. The first-order valence-electron chi connectivity index (χ1n) is 27.0. The molecule has 0 atom stereocenters. The zero-order chi connectivity index (χ0) is 52.4. The highest BCUT2D eigenvalue weighted by molar-refractivity contribution is 8.00. The van der Waals surface area contributed by atoms with E-state index in [2.05, 4.69) is 293 Å². The second-order valence-electron chi connectivity index (χ2n) is 25.4. The number of nitrogens with zero attached hydrogens (tertiary/aromatic N) is 2. The molecular formula is C70H69BN2SSi. The molecular weight excluding hydrogens is 940 g/mol. The van der Waals surface area contributed by atoms with Crippen molar-refractivity contribution in [1.29, 1.82) is 0 Å². The molecule has 0 radical (unpaired) electrons. The Balaban J connectivity index is 1.15. The Kier molecular flexibility index (Phi) is 11.6. The first-order valence-corrected chi connectivity index (χ1v) is 29.8. The first kappa shape index (κ1) is 49.1. The third-order valence-corrected chi connectivity index (χ3v) is 22.3. The van der Waals surface area contributed by atoms with Crippen LogP contribution in [-0.4, -0.2) is 19.4 Å². The molecule has 372 valence electrons. The topological polar surface area (TPSA) is 8.17 Å². The van der Waals surface area contributed by atoms with Crippen molar-refractivity contribution >= 4 is 103 Å². The minimum atomic E-state index is -2.92. The number of fused-ring (bicyclic) bond motifs is 7. The van der Waals surface area contributed by atoms with Crippen molar-refractivity contribution in [3.8, 4) is 5.69 Å². The predicted molar refractivity (Wildman–Crippen MR) is 329 cm³/mol. The third-order valence-electron chi connectivity index (χ3n) is 16.4. The molecule has 75 heavy (non-hydrogen) atoms.